The molecule has 5 aromatic carbocycles. The van der Waals surface area contributed by atoms with Crippen LogP contribution in [-0.2, 0) is 25.5 Å². The summed E-state index contributed by atoms with van der Waals surface area (Å²) in [5.74, 6) is 0. The van der Waals surface area contributed by atoms with Crippen LogP contribution in [0.4, 0.5) is 11.4 Å². The van der Waals surface area contributed by atoms with Crippen molar-refractivity contribution >= 4 is 33.3 Å². The molecule has 0 atom stereocenters. The van der Waals surface area contributed by atoms with Gasteiger partial charge < -0.3 is 19.7 Å². The Bertz CT molecular complexity index is 2410. The molecule has 1 aliphatic heterocycles. The van der Waals surface area contributed by atoms with Crippen LogP contribution in [0.1, 0.15) is 31.9 Å². The van der Waals surface area contributed by atoms with E-state index in [1.807, 2.05) is 79.0 Å². The van der Waals surface area contributed by atoms with E-state index in [0.29, 0.717) is 0 Å². The van der Waals surface area contributed by atoms with Crippen LogP contribution in [0.3, 0.4) is 0 Å². The number of aromatic nitrogens is 2. The second kappa shape index (κ2) is 13.5. The minimum absolute atomic E-state index is 0. The standard InChI is InChI=1S/C34H27N2O.C11H8N.Ir/c1-20-24-19-26-23-9-5-6-11-31(23)37-33(26)32(20)27-17-21(28-10-7-8-16-35-28)12-14-30(27)36-29-15-13-22(18-25(24)29)34(2,3)4;1-2-6-10(7-3-1)11-8-4-5-9-12-11;/h5-11,13-19,36H,1-4H3;1-6,8-9H;/q2*-1;. The predicted octanol–water partition coefficient (Wildman–Crippen LogP) is 12.0. The van der Waals surface area contributed by atoms with Crippen molar-refractivity contribution in [1.82, 2.24) is 9.97 Å². The fourth-order valence-corrected chi connectivity index (χ4v) is 6.59. The molecular formula is C45H35IrN3O-2. The van der Waals surface area contributed by atoms with Gasteiger partial charge >= 0.3 is 0 Å². The smallest absolute Gasteiger partial charge is 0.142 e. The van der Waals surface area contributed by atoms with Gasteiger partial charge in [-0.1, -0.05) is 74.9 Å². The van der Waals surface area contributed by atoms with Gasteiger partial charge in [0.2, 0.25) is 0 Å². The van der Waals surface area contributed by atoms with E-state index in [9.17, 15) is 0 Å². The molecule has 3 aromatic heterocycles. The quantitative estimate of drug-likeness (QED) is 0.176. The third kappa shape index (κ3) is 6.15. The van der Waals surface area contributed by atoms with Crippen LogP contribution in [0.5, 0.6) is 0 Å². The summed E-state index contributed by atoms with van der Waals surface area (Å²) in [6, 6.07) is 47.9. The summed E-state index contributed by atoms with van der Waals surface area (Å²) in [6.07, 6.45) is 3.61. The van der Waals surface area contributed by atoms with Crippen molar-refractivity contribution < 1.29 is 24.5 Å². The van der Waals surface area contributed by atoms with Gasteiger partial charge in [-0.3, -0.25) is 0 Å². The molecule has 0 spiro atoms. The largest absolute Gasteiger partial charge is 0.455 e. The second-order valence-corrected chi connectivity index (χ2v) is 13.4. The van der Waals surface area contributed by atoms with Crippen molar-refractivity contribution in [3.8, 4) is 44.8 Å². The third-order valence-electron chi connectivity index (χ3n) is 9.18. The van der Waals surface area contributed by atoms with Gasteiger partial charge in [-0.05, 0) is 82.5 Å². The molecule has 50 heavy (non-hydrogen) atoms. The number of fused-ring (bicyclic) bond motifs is 10. The summed E-state index contributed by atoms with van der Waals surface area (Å²) in [7, 11) is 0. The molecule has 0 aliphatic carbocycles. The molecule has 1 N–H and O–H groups in total. The molecule has 2 bridgehead atoms. The van der Waals surface area contributed by atoms with Gasteiger partial charge in [0.05, 0.1) is 0 Å². The van der Waals surface area contributed by atoms with Crippen LogP contribution in [0.25, 0.3) is 66.7 Å². The van der Waals surface area contributed by atoms with E-state index in [4.69, 9.17) is 4.42 Å². The summed E-state index contributed by atoms with van der Waals surface area (Å²) in [5.41, 5.74) is 15.0. The van der Waals surface area contributed by atoms with E-state index in [1.54, 1.807) is 6.20 Å². The zero-order valence-electron chi connectivity index (χ0n) is 28.3. The Kier molecular flexibility index (Phi) is 8.96. The summed E-state index contributed by atoms with van der Waals surface area (Å²) in [6.45, 7) is 9.01. The van der Waals surface area contributed by atoms with Gasteiger partial charge in [0.1, 0.15) is 11.2 Å². The number of para-hydroxylation sites is 1. The van der Waals surface area contributed by atoms with E-state index >= 15 is 0 Å². The van der Waals surface area contributed by atoms with E-state index in [2.05, 4.69) is 104 Å². The van der Waals surface area contributed by atoms with Crippen molar-refractivity contribution in [2.24, 2.45) is 0 Å². The SMILES string of the molecule is Cc1c2cc3c(oc4ccccc43)c1-c1cc(-c3ccccn3)[c-]cc1Nc1ccc(C(C)(C)C)cc1-2.[Ir].[c-]1ccccc1-c1ccccn1. The Balaban J connectivity index is 0.000000255. The maximum absolute atomic E-state index is 6.56. The Morgan fingerprint density at radius 3 is 2.06 bits per heavy atom. The monoisotopic (exact) mass is 826 g/mol. The Morgan fingerprint density at radius 2 is 1.36 bits per heavy atom. The summed E-state index contributed by atoms with van der Waals surface area (Å²) < 4.78 is 6.56. The number of nitrogens with one attached hydrogen (secondary N) is 1. The van der Waals surface area contributed by atoms with E-state index < -0.39 is 0 Å². The first-order valence-corrected chi connectivity index (χ1v) is 16.6. The number of benzene rings is 5. The molecule has 9 rings (SSSR count). The number of nitrogens with zero attached hydrogens (tertiary/aromatic N) is 2. The number of furan rings is 1. The molecular weight excluding hydrogens is 791 g/mol. The molecule has 5 heteroatoms. The van der Waals surface area contributed by atoms with Gasteiger partial charge in [-0.25, -0.2) is 0 Å². The van der Waals surface area contributed by atoms with Crippen LogP contribution in [0.2, 0.25) is 0 Å². The molecule has 1 aliphatic rings. The number of rotatable bonds is 2. The molecule has 8 aromatic rings. The Hall–Kier alpha value is -5.35. The maximum Gasteiger partial charge on any atom is 0.142 e. The molecule has 0 unspecified atom stereocenters. The number of hydrogen-bond acceptors (Lipinski definition) is 4. The van der Waals surface area contributed by atoms with Gasteiger partial charge in [0.25, 0.3) is 0 Å². The predicted molar refractivity (Wildman–Crippen MR) is 202 cm³/mol. The van der Waals surface area contributed by atoms with Crippen LogP contribution in [-0.4, -0.2) is 9.97 Å². The van der Waals surface area contributed by atoms with Gasteiger partial charge in [-0.2, -0.15) is 0 Å². The molecule has 4 heterocycles. The number of pyridine rings is 2. The molecule has 4 nitrogen and oxygen atoms in total. The van der Waals surface area contributed by atoms with Crippen LogP contribution in [0, 0.1) is 19.1 Å². The van der Waals surface area contributed by atoms with E-state index in [0.717, 1.165) is 67.0 Å². The zero-order chi connectivity index (χ0) is 33.5. The fraction of sp³-hybridized carbons (Fsp3) is 0.111. The molecule has 247 valence electrons. The zero-order valence-corrected chi connectivity index (χ0v) is 30.7. The first-order chi connectivity index (χ1) is 23.8. The van der Waals surface area contributed by atoms with Gasteiger partial charge in [-0.15, -0.1) is 59.7 Å². The second-order valence-electron chi connectivity index (χ2n) is 13.4. The number of anilines is 2. The van der Waals surface area contributed by atoms with Crippen molar-refractivity contribution in [2.45, 2.75) is 33.1 Å². The molecule has 0 saturated heterocycles. The van der Waals surface area contributed by atoms with E-state index in [1.165, 1.54) is 22.3 Å². The molecule has 1 radical (unpaired) electrons. The molecule has 0 saturated carbocycles. The van der Waals surface area contributed by atoms with Gasteiger partial charge in [0.15, 0.2) is 0 Å². The average Bonchev–Trinajstić information content (AvgIpc) is 3.51. The van der Waals surface area contributed by atoms with Gasteiger partial charge in [0, 0.05) is 60.1 Å². The average molecular weight is 826 g/mol. The Labute approximate surface area is 306 Å². The summed E-state index contributed by atoms with van der Waals surface area (Å²) >= 11 is 0. The minimum atomic E-state index is 0. The topological polar surface area (TPSA) is 51.0 Å². The summed E-state index contributed by atoms with van der Waals surface area (Å²) in [5, 5.41) is 6.02. The van der Waals surface area contributed by atoms with Crippen LogP contribution < -0.4 is 5.32 Å². The van der Waals surface area contributed by atoms with E-state index in [-0.39, 0.29) is 25.5 Å². The maximum atomic E-state index is 6.56. The van der Waals surface area contributed by atoms with Crippen molar-refractivity contribution in [3.05, 3.63) is 157 Å². The first kappa shape index (κ1) is 33.2. The first-order valence-electron chi connectivity index (χ1n) is 16.6. The minimum Gasteiger partial charge on any atom is -0.455 e. The van der Waals surface area contributed by atoms with Crippen LogP contribution in [0.15, 0.2) is 138 Å². The Morgan fingerprint density at radius 1 is 0.640 bits per heavy atom. The molecule has 0 fully saturated rings. The van der Waals surface area contributed by atoms with Crippen LogP contribution >= 0.6 is 0 Å². The van der Waals surface area contributed by atoms with Crippen molar-refractivity contribution in [2.75, 3.05) is 5.32 Å². The molecule has 0 amide bonds. The van der Waals surface area contributed by atoms with Crippen molar-refractivity contribution in [1.29, 1.82) is 0 Å². The normalized spacial score (nSPS) is 11.6. The third-order valence-corrected chi connectivity index (χ3v) is 9.18. The fourth-order valence-electron chi connectivity index (χ4n) is 6.59. The van der Waals surface area contributed by atoms with Crippen molar-refractivity contribution in [3.63, 3.8) is 0 Å². The number of hydrogen-bond donors (Lipinski definition) is 1. The summed E-state index contributed by atoms with van der Waals surface area (Å²) in [4.78, 5) is 8.80.